The van der Waals surface area contributed by atoms with Gasteiger partial charge in [-0.3, -0.25) is 0 Å². The van der Waals surface area contributed by atoms with Gasteiger partial charge in [0.05, 0.1) is 5.69 Å². The van der Waals surface area contributed by atoms with Crippen molar-refractivity contribution in [2.45, 2.75) is 31.2 Å². The highest BCUT2D eigenvalue weighted by Crippen LogP contribution is 2.25. The van der Waals surface area contributed by atoms with Crippen molar-refractivity contribution in [3.63, 3.8) is 0 Å². The standard InChI is InChI=1S/C21H20N4S/c1-14-7-9-16(10-8-14)11-19-18(12-22)20(23)25-21(24-19)26-13-17-6-4-3-5-15(17)2/h3-10H,11,13H2,1-2H3,(H2,23,24,25). The number of aromatic nitrogens is 2. The molecular weight excluding hydrogens is 340 g/mol. The third kappa shape index (κ3) is 4.22. The van der Waals surface area contributed by atoms with Gasteiger partial charge in [0.15, 0.2) is 5.16 Å². The number of hydrogen-bond acceptors (Lipinski definition) is 5. The fourth-order valence-corrected chi connectivity index (χ4v) is 3.58. The summed E-state index contributed by atoms with van der Waals surface area (Å²) in [6, 6.07) is 18.6. The SMILES string of the molecule is Cc1ccc(Cc2nc(SCc3ccccc3C)nc(N)c2C#N)cc1. The zero-order chi connectivity index (χ0) is 18.5. The lowest BCUT2D eigenvalue weighted by Crippen LogP contribution is -2.06. The Morgan fingerprint density at radius 2 is 1.77 bits per heavy atom. The predicted molar refractivity (Wildman–Crippen MR) is 106 cm³/mol. The first-order valence-corrected chi connectivity index (χ1v) is 9.34. The van der Waals surface area contributed by atoms with Crippen LogP contribution in [0.4, 0.5) is 5.82 Å². The summed E-state index contributed by atoms with van der Waals surface area (Å²) in [6.07, 6.45) is 0.563. The monoisotopic (exact) mass is 360 g/mol. The van der Waals surface area contributed by atoms with E-state index < -0.39 is 0 Å². The lowest BCUT2D eigenvalue weighted by atomic mass is 10.0. The third-order valence-corrected chi connectivity index (χ3v) is 5.11. The molecule has 4 nitrogen and oxygen atoms in total. The number of benzene rings is 2. The molecule has 1 heterocycles. The van der Waals surface area contributed by atoms with Crippen molar-refractivity contribution in [1.29, 1.82) is 5.26 Å². The summed E-state index contributed by atoms with van der Waals surface area (Å²) in [5.74, 6) is 1.01. The number of thioether (sulfide) groups is 1. The molecule has 0 aliphatic heterocycles. The molecule has 0 aliphatic carbocycles. The summed E-state index contributed by atoms with van der Waals surface area (Å²) in [5, 5.41) is 10.0. The Balaban J connectivity index is 1.85. The van der Waals surface area contributed by atoms with Crippen LogP contribution in [0.5, 0.6) is 0 Å². The minimum Gasteiger partial charge on any atom is -0.382 e. The predicted octanol–water partition coefficient (Wildman–Crippen LogP) is 4.43. The lowest BCUT2D eigenvalue weighted by Gasteiger charge is -2.09. The minimum absolute atomic E-state index is 0.247. The molecule has 2 N–H and O–H groups in total. The molecule has 5 heteroatoms. The molecule has 3 aromatic rings. The van der Waals surface area contributed by atoms with Crippen molar-refractivity contribution in [3.05, 3.63) is 82.0 Å². The van der Waals surface area contributed by atoms with Crippen LogP contribution in [0, 0.1) is 25.2 Å². The fraction of sp³-hybridized carbons (Fsp3) is 0.190. The zero-order valence-corrected chi connectivity index (χ0v) is 15.7. The van der Waals surface area contributed by atoms with Crippen LogP contribution in [-0.2, 0) is 12.2 Å². The minimum atomic E-state index is 0.247. The molecule has 0 atom stereocenters. The average Bonchev–Trinajstić information content (AvgIpc) is 2.63. The Hall–Kier alpha value is -2.84. The molecule has 0 radical (unpaired) electrons. The Morgan fingerprint density at radius 1 is 1.04 bits per heavy atom. The molecule has 0 saturated heterocycles. The number of nitrogen functional groups attached to an aromatic ring is 1. The van der Waals surface area contributed by atoms with Gasteiger partial charge in [0.25, 0.3) is 0 Å². The maximum Gasteiger partial charge on any atom is 0.190 e. The Kier molecular flexibility index (Phi) is 5.55. The molecule has 0 bridgehead atoms. The van der Waals surface area contributed by atoms with Crippen LogP contribution in [0.3, 0.4) is 0 Å². The van der Waals surface area contributed by atoms with Gasteiger partial charge in [0, 0.05) is 12.2 Å². The van der Waals surface area contributed by atoms with Crippen LogP contribution >= 0.6 is 11.8 Å². The smallest absolute Gasteiger partial charge is 0.190 e. The molecular formula is C21H20N4S. The molecule has 26 heavy (non-hydrogen) atoms. The summed E-state index contributed by atoms with van der Waals surface area (Å²) < 4.78 is 0. The van der Waals surface area contributed by atoms with Crippen LogP contribution in [0.2, 0.25) is 0 Å². The number of rotatable bonds is 5. The van der Waals surface area contributed by atoms with Crippen molar-refractivity contribution in [2.75, 3.05) is 5.73 Å². The molecule has 0 unspecified atom stereocenters. The number of nitrogens with two attached hydrogens (primary N) is 1. The Bertz CT molecular complexity index is 959. The Morgan fingerprint density at radius 3 is 2.46 bits per heavy atom. The van der Waals surface area contributed by atoms with Crippen LogP contribution in [0.15, 0.2) is 53.7 Å². The summed E-state index contributed by atoms with van der Waals surface area (Å²) in [6.45, 7) is 4.14. The van der Waals surface area contributed by atoms with E-state index in [0.717, 1.165) is 11.3 Å². The van der Waals surface area contributed by atoms with Gasteiger partial charge in [-0.2, -0.15) is 5.26 Å². The molecule has 1 aromatic heterocycles. The molecule has 0 spiro atoms. The molecule has 0 aliphatic rings. The topological polar surface area (TPSA) is 75.6 Å². The second-order valence-electron chi connectivity index (χ2n) is 6.20. The number of anilines is 1. The van der Waals surface area contributed by atoms with E-state index >= 15 is 0 Å². The average molecular weight is 360 g/mol. The van der Waals surface area contributed by atoms with Crippen LogP contribution in [0.25, 0.3) is 0 Å². The van der Waals surface area contributed by atoms with E-state index in [-0.39, 0.29) is 5.82 Å². The van der Waals surface area contributed by atoms with Crippen molar-refractivity contribution < 1.29 is 0 Å². The maximum atomic E-state index is 9.44. The quantitative estimate of drug-likeness (QED) is 0.538. The van der Waals surface area contributed by atoms with Crippen molar-refractivity contribution in [2.24, 2.45) is 0 Å². The molecule has 0 amide bonds. The zero-order valence-electron chi connectivity index (χ0n) is 14.9. The first-order valence-electron chi connectivity index (χ1n) is 8.36. The highest BCUT2D eigenvalue weighted by molar-refractivity contribution is 7.98. The van der Waals surface area contributed by atoms with Gasteiger partial charge >= 0.3 is 0 Å². The second kappa shape index (κ2) is 8.03. The lowest BCUT2D eigenvalue weighted by molar-refractivity contribution is 0.901. The largest absolute Gasteiger partial charge is 0.382 e. The summed E-state index contributed by atoms with van der Waals surface area (Å²) in [7, 11) is 0. The maximum absolute atomic E-state index is 9.44. The van der Waals surface area contributed by atoms with Gasteiger partial charge in [-0.25, -0.2) is 9.97 Å². The molecule has 2 aromatic carbocycles. The number of nitriles is 1. The Labute approximate surface area is 158 Å². The number of nitrogens with zero attached hydrogens (tertiary/aromatic N) is 3. The van der Waals surface area contributed by atoms with Gasteiger partial charge < -0.3 is 5.73 Å². The first kappa shape index (κ1) is 18.0. The summed E-state index contributed by atoms with van der Waals surface area (Å²) >= 11 is 1.54. The molecule has 0 fully saturated rings. The fourth-order valence-electron chi connectivity index (χ4n) is 2.63. The molecule has 3 rings (SSSR count). The van der Waals surface area contributed by atoms with Gasteiger partial charge in [-0.1, -0.05) is 65.9 Å². The number of hydrogen-bond donors (Lipinski definition) is 1. The van der Waals surface area contributed by atoms with Gasteiger partial charge in [0.2, 0.25) is 0 Å². The summed E-state index contributed by atoms with van der Waals surface area (Å²) in [5.41, 5.74) is 11.8. The number of aryl methyl sites for hydroxylation is 2. The van der Waals surface area contributed by atoms with E-state index in [4.69, 9.17) is 5.73 Å². The van der Waals surface area contributed by atoms with E-state index in [1.807, 2.05) is 19.1 Å². The van der Waals surface area contributed by atoms with Gasteiger partial charge in [0.1, 0.15) is 17.5 Å². The van der Waals surface area contributed by atoms with E-state index in [2.05, 4.69) is 59.4 Å². The normalized spacial score (nSPS) is 10.5. The van der Waals surface area contributed by atoms with E-state index in [1.54, 1.807) is 0 Å². The van der Waals surface area contributed by atoms with Crippen LogP contribution in [0.1, 0.15) is 33.5 Å². The van der Waals surface area contributed by atoms with E-state index in [1.165, 1.54) is 28.5 Å². The highest BCUT2D eigenvalue weighted by Gasteiger charge is 2.13. The van der Waals surface area contributed by atoms with Crippen molar-refractivity contribution in [1.82, 2.24) is 9.97 Å². The highest BCUT2D eigenvalue weighted by atomic mass is 32.2. The first-order chi connectivity index (χ1) is 12.6. The van der Waals surface area contributed by atoms with Gasteiger partial charge in [-0.05, 0) is 30.5 Å². The van der Waals surface area contributed by atoms with Gasteiger partial charge in [-0.15, -0.1) is 0 Å². The second-order valence-corrected chi connectivity index (χ2v) is 7.14. The third-order valence-electron chi connectivity index (χ3n) is 4.21. The summed E-state index contributed by atoms with van der Waals surface area (Å²) in [4.78, 5) is 8.93. The van der Waals surface area contributed by atoms with Crippen molar-refractivity contribution in [3.8, 4) is 6.07 Å². The van der Waals surface area contributed by atoms with E-state index in [9.17, 15) is 5.26 Å². The molecule has 130 valence electrons. The van der Waals surface area contributed by atoms with Crippen LogP contribution in [-0.4, -0.2) is 9.97 Å². The van der Waals surface area contributed by atoms with Crippen molar-refractivity contribution >= 4 is 17.6 Å². The van der Waals surface area contributed by atoms with E-state index in [0.29, 0.717) is 22.8 Å². The molecule has 0 saturated carbocycles. The van der Waals surface area contributed by atoms with Crippen LogP contribution < -0.4 is 5.73 Å².